The molecule has 120 valence electrons. The Bertz CT molecular complexity index is 1020. The number of aryl methyl sites for hydroxylation is 1. The molecule has 2 aromatic carbocycles. The number of aromatic nitrogens is 2. The Morgan fingerprint density at radius 1 is 1.25 bits per heavy atom. The Kier molecular flexibility index (Phi) is 3.92. The highest BCUT2D eigenvalue weighted by Gasteiger charge is 2.15. The number of hydrogen-bond acceptors (Lipinski definition) is 4. The zero-order valence-electron chi connectivity index (χ0n) is 13.9. The number of nitriles is 1. The fourth-order valence-electron chi connectivity index (χ4n) is 2.85. The number of nitrogens with two attached hydrogens (primary N) is 1. The molecule has 0 spiro atoms. The minimum atomic E-state index is -0.221. The lowest BCUT2D eigenvalue weighted by molar-refractivity contribution is 0.814. The summed E-state index contributed by atoms with van der Waals surface area (Å²) in [7, 11) is 1.70. The molecule has 24 heavy (non-hydrogen) atoms. The second-order valence-electron chi connectivity index (χ2n) is 6.03. The second-order valence-corrected chi connectivity index (χ2v) is 6.03. The van der Waals surface area contributed by atoms with E-state index in [0.717, 1.165) is 16.7 Å². The highest BCUT2D eigenvalue weighted by atomic mass is 16.1. The predicted octanol–water partition coefficient (Wildman–Crippen LogP) is 2.80. The Labute approximate surface area is 140 Å². The Balaban J connectivity index is 2.36. The first-order valence-electron chi connectivity index (χ1n) is 7.69. The highest BCUT2D eigenvalue weighted by Crippen LogP contribution is 2.25. The van der Waals surface area contributed by atoms with Gasteiger partial charge >= 0.3 is 0 Å². The predicted molar refractivity (Wildman–Crippen MR) is 94.5 cm³/mol. The Morgan fingerprint density at radius 3 is 2.50 bits per heavy atom. The van der Waals surface area contributed by atoms with Crippen LogP contribution in [0, 0.1) is 18.3 Å². The molecule has 0 aliphatic heterocycles. The van der Waals surface area contributed by atoms with E-state index in [-0.39, 0.29) is 11.6 Å². The molecule has 0 amide bonds. The maximum Gasteiger partial charge on any atom is 0.261 e. The van der Waals surface area contributed by atoms with Gasteiger partial charge in [0.1, 0.15) is 5.82 Å². The van der Waals surface area contributed by atoms with Crippen molar-refractivity contribution in [3.63, 3.8) is 0 Å². The molecule has 0 radical (unpaired) electrons. The van der Waals surface area contributed by atoms with Gasteiger partial charge in [0.05, 0.1) is 22.5 Å². The van der Waals surface area contributed by atoms with Crippen LogP contribution >= 0.6 is 0 Å². The van der Waals surface area contributed by atoms with Gasteiger partial charge in [0.15, 0.2) is 0 Å². The fourth-order valence-corrected chi connectivity index (χ4v) is 2.85. The number of rotatable bonds is 2. The van der Waals surface area contributed by atoms with Crippen LogP contribution in [0.3, 0.4) is 0 Å². The Morgan fingerprint density at radius 2 is 1.92 bits per heavy atom. The van der Waals surface area contributed by atoms with Crippen molar-refractivity contribution in [2.45, 2.75) is 19.9 Å². The van der Waals surface area contributed by atoms with Gasteiger partial charge in [0.2, 0.25) is 0 Å². The van der Waals surface area contributed by atoms with E-state index in [0.29, 0.717) is 22.3 Å². The lowest BCUT2D eigenvalue weighted by Crippen LogP contribution is -2.21. The third-order valence-corrected chi connectivity index (χ3v) is 4.12. The van der Waals surface area contributed by atoms with Crippen molar-refractivity contribution < 1.29 is 0 Å². The van der Waals surface area contributed by atoms with Gasteiger partial charge in [-0.25, -0.2) is 4.98 Å². The molecular weight excluding hydrogens is 300 g/mol. The molecule has 1 heterocycles. The number of nitrogens with zero attached hydrogens (tertiary/aromatic N) is 3. The Hall–Kier alpha value is -2.97. The van der Waals surface area contributed by atoms with Gasteiger partial charge < -0.3 is 5.73 Å². The molecule has 1 aromatic heterocycles. The monoisotopic (exact) mass is 318 g/mol. The van der Waals surface area contributed by atoms with Crippen LogP contribution in [0.25, 0.3) is 22.3 Å². The maximum atomic E-state index is 12.8. The molecule has 0 fully saturated rings. The summed E-state index contributed by atoms with van der Waals surface area (Å²) in [5.74, 6) is 0.558. The van der Waals surface area contributed by atoms with Crippen LogP contribution in [0.4, 0.5) is 0 Å². The number of benzene rings is 2. The molecule has 3 rings (SSSR count). The van der Waals surface area contributed by atoms with E-state index in [2.05, 4.69) is 6.07 Å². The average Bonchev–Trinajstić information content (AvgIpc) is 2.58. The third kappa shape index (κ3) is 2.57. The van der Waals surface area contributed by atoms with Crippen molar-refractivity contribution in [3.05, 3.63) is 63.4 Å². The summed E-state index contributed by atoms with van der Waals surface area (Å²) in [5, 5.41) is 9.50. The number of fused-ring (bicyclic) bond motifs is 1. The van der Waals surface area contributed by atoms with Crippen LogP contribution in [0.1, 0.15) is 29.7 Å². The summed E-state index contributed by atoms with van der Waals surface area (Å²) >= 11 is 0. The van der Waals surface area contributed by atoms with Crippen LogP contribution in [-0.2, 0) is 7.05 Å². The van der Waals surface area contributed by atoms with Gasteiger partial charge in [-0.1, -0.05) is 6.07 Å². The minimum Gasteiger partial charge on any atom is -0.324 e. The zero-order chi connectivity index (χ0) is 17.4. The SMILES string of the molecule is Cc1cc(C(C)N)c2nc(-c3ccc(C#N)cc3)n(C)c(=O)c2c1. The molecule has 5 nitrogen and oxygen atoms in total. The summed E-state index contributed by atoms with van der Waals surface area (Å²) in [5.41, 5.74) is 9.80. The molecule has 1 unspecified atom stereocenters. The summed E-state index contributed by atoms with van der Waals surface area (Å²) in [6, 6.07) is 12.7. The zero-order valence-corrected chi connectivity index (χ0v) is 13.9. The molecule has 0 bridgehead atoms. The largest absolute Gasteiger partial charge is 0.324 e. The molecule has 0 saturated carbocycles. The van der Waals surface area contributed by atoms with E-state index < -0.39 is 0 Å². The molecule has 1 atom stereocenters. The van der Waals surface area contributed by atoms with Crippen LogP contribution in [0.5, 0.6) is 0 Å². The minimum absolute atomic E-state index is 0.107. The molecule has 2 N–H and O–H groups in total. The summed E-state index contributed by atoms with van der Waals surface area (Å²) < 4.78 is 1.54. The van der Waals surface area contributed by atoms with Gasteiger partial charge in [0, 0.05) is 18.7 Å². The van der Waals surface area contributed by atoms with Crippen LogP contribution in [-0.4, -0.2) is 9.55 Å². The second kappa shape index (κ2) is 5.91. The topological polar surface area (TPSA) is 84.7 Å². The van der Waals surface area contributed by atoms with E-state index >= 15 is 0 Å². The van der Waals surface area contributed by atoms with Gasteiger partial charge in [-0.05, 0) is 55.3 Å². The van der Waals surface area contributed by atoms with Crippen LogP contribution < -0.4 is 11.3 Å². The number of hydrogen-bond donors (Lipinski definition) is 1. The normalized spacial score (nSPS) is 12.1. The van der Waals surface area contributed by atoms with Crippen LogP contribution in [0.2, 0.25) is 0 Å². The van der Waals surface area contributed by atoms with E-state index in [1.165, 1.54) is 4.57 Å². The summed E-state index contributed by atoms with van der Waals surface area (Å²) in [6.45, 7) is 3.83. The van der Waals surface area contributed by atoms with Crippen molar-refractivity contribution in [1.29, 1.82) is 5.26 Å². The fraction of sp³-hybridized carbons (Fsp3) is 0.211. The first kappa shape index (κ1) is 15.9. The van der Waals surface area contributed by atoms with Gasteiger partial charge in [-0.3, -0.25) is 9.36 Å². The van der Waals surface area contributed by atoms with Crippen molar-refractivity contribution >= 4 is 10.9 Å². The quantitative estimate of drug-likeness (QED) is 0.787. The molecule has 5 heteroatoms. The lowest BCUT2D eigenvalue weighted by atomic mass is 10.0. The first-order valence-corrected chi connectivity index (χ1v) is 7.69. The molecule has 3 aromatic rings. The van der Waals surface area contributed by atoms with Crippen molar-refractivity contribution in [2.75, 3.05) is 0 Å². The van der Waals surface area contributed by atoms with Crippen LogP contribution in [0.15, 0.2) is 41.2 Å². The van der Waals surface area contributed by atoms with Crippen molar-refractivity contribution in [3.8, 4) is 17.5 Å². The standard InChI is InChI=1S/C19H18N4O/c1-11-8-15(12(2)21)17-16(9-11)19(24)23(3)18(22-17)14-6-4-13(10-20)5-7-14/h4-9,12H,21H2,1-3H3. The van der Waals surface area contributed by atoms with E-state index in [9.17, 15) is 4.79 Å². The molecule has 0 aliphatic rings. The van der Waals surface area contributed by atoms with Gasteiger partial charge in [0.25, 0.3) is 5.56 Å². The smallest absolute Gasteiger partial charge is 0.261 e. The first-order chi connectivity index (χ1) is 11.4. The van der Waals surface area contributed by atoms with E-state index in [1.54, 1.807) is 31.3 Å². The van der Waals surface area contributed by atoms with E-state index in [4.69, 9.17) is 16.0 Å². The lowest BCUT2D eigenvalue weighted by Gasteiger charge is -2.14. The highest BCUT2D eigenvalue weighted by molar-refractivity contribution is 5.84. The maximum absolute atomic E-state index is 12.8. The molecule has 0 saturated heterocycles. The third-order valence-electron chi connectivity index (χ3n) is 4.12. The average molecular weight is 318 g/mol. The molecule has 0 aliphatic carbocycles. The van der Waals surface area contributed by atoms with Crippen molar-refractivity contribution in [2.24, 2.45) is 12.8 Å². The van der Waals surface area contributed by atoms with Gasteiger partial charge in [-0.15, -0.1) is 0 Å². The van der Waals surface area contributed by atoms with E-state index in [1.807, 2.05) is 26.0 Å². The summed E-state index contributed by atoms with van der Waals surface area (Å²) in [6.07, 6.45) is 0. The van der Waals surface area contributed by atoms with Crippen molar-refractivity contribution in [1.82, 2.24) is 9.55 Å². The van der Waals surface area contributed by atoms with Gasteiger partial charge in [-0.2, -0.15) is 5.26 Å². The summed E-state index contributed by atoms with van der Waals surface area (Å²) in [4.78, 5) is 17.5. The molecular formula is C19H18N4O.